The number of fused-ring (bicyclic) bond motifs is 3. The Hall–Kier alpha value is -3.66. The SMILES string of the molecule is Nc1c(C(O)C(O)CNC(=O)OCC2c3ccccc3-c3ccccc32)cc(Cl)cc1[N+](=O)[O-]. The lowest BCUT2D eigenvalue weighted by Crippen LogP contribution is -2.36. The standard InChI is InChI=1S/C24H22ClN3O6/c25-13-9-18(22(26)20(10-13)28(32)33)23(30)21(29)11-27-24(31)34-12-19-16-7-3-1-5-14(16)15-6-2-4-8-17(15)19/h1-10,19,21,23,29-30H,11-12,26H2,(H,27,31). The highest BCUT2D eigenvalue weighted by Gasteiger charge is 2.30. The highest BCUT2D eigenvalue weighted by atomic mass is 35.5. The van der Waals surface area contributed by atoms with Crippen molar-refractivity contribution in [3.05, 3.63) is 92.5 Å². The van der Waals surface area contributed by atoms with E-state index in [2.05, 4.69) is 5.32 Å². The molecule has 2 unspecified atom stereocenters. The number of hydrogen-bond acceptors (Lipinski definition) is 7. The first-order chi connectivity index (χ1) is 16.3. The summed E-state index contributed by atoms with van der Waals surface area (Å²) in [6, 6.07) is 18.1. The Balaban J connectivity index is 1.37. The lowest BCUT2D eigenvalue weighted by atomic mass is 9.98. The van der Waals surface area contributed by atoms with Gasteiger partial charge in [-0.1, -0.05) is 60.1 Å². The van der Waals surface area contributed by atoms with Crippen LogP contribution in [-0.4, -0.2) is 40.5 Å². The third-order valence-corrected chi connectivity index (χ3v) is 6.05. The number of nitrogens with one attached hydrogen (secondary N) is 1. The average Bonchev–Trinajstić information content (AvgIpc) is 3.15. The largest absolute Gasteiger partial charge is 0.449 e. The predicted molar refractivity (Wildman–Crippen MR) is 127 cm³/mol. The summed E-state index contributed by atoms with van der Waals surface area (Å²) in [5, 5.41) is 34.2. The second-order valence-corrected chi connectivity index (χ2v) is 8.34. The number of ether oxygens (including phenoxy) is 1. The number of nitrogen functional groups attached to an aromatic ring is 1. The quantitative estimate of drug-likeness (QED) is 0.227. The number of anilines is 1. The maximum atomic E-state index is 12.3. The summed E-state index contributed by atoms with van der Waals surface area (Å²) in [4.78, 5) is 22.7. The van der Waals surface area contributed by atoms with Gasteiger partial charge >= 0.3 is 6.09 Å². The van der Waals surface area contributed by atoms with E-state index in [-0.39, 0.29) is 35.3 Å². The number of aliphatic hydroxyl groups excluding tert-OH is 2. The van der Waals surface area contributed by atoms with Gasteiger partial charge in [0, 0.05) is 29.1 Å². The minimum absolute atomic E-state index is 0.0216. The van der Waals surface area contributed by atoms with E-state index in [1.807, 2.05) is 48.5 Å². The molecule has 1 amide bonds. The van der Waals surface area contributed by atoms with Crippen molar-refractivity contribution in [2.45, 2.75) is 18.1 Å². The van der Waals surface area contributed by atoms with Crippen LogP contribution >= 0.6 is 11.6 Å². The van der Waals surface area contributed by atoms with Crippen LogP contribution < -0.4 is 11.1 Å². The molecular weight excluding hydrogens is 462 g/mol. The number of alkyl carbamates (subject to hydrolysis) is 1. The molecule has 5 N–H and O–H groups in total. The van der Waals surface area contributed by atoms with Crippen molar-refractivity contribution in [3.63, 3.8) is 0 Å². The Bertz CT molecular complexity index is 1210. The number of benzene rings is 3. The van der Waals surface area contributed by atoms with Gasteiger partial charge in [-0.3, -0.25) is 10.1 Å². The van der Waals surface area contributed by atoms with Crippen molar-refractivity contribution >= 4 is 29.1 Å². The van der Waals surface area contributed by atoms with E-state index < -0.39 is 28.9 Å². The normalized spacial score (nSPS) is 14.1. The smallest absolute Gasteiger partial charge is 0.407 e. The Morgan fingerprint density at radius 1 is 1.12 bits per heavy atom. The second-order valence-electron chi connectivity index (χ2n) is 7.90. The maximum Gasteiger partial charge on any atom is 0.407 e. The molecular formula is C24H22ClN3O6. The van der Waals surface area contributed by atoms with Gasteiger partial charge in [0.05, 0.1) is 4.92 Å². The number of carbonyl (C=O) groups excluding carboxylic acids is 1. The first-order valence-corrected chi connectivity index (χ1v) is 10.8. The third kappa shape index (κ3) is 4.54. The van der Waals surface area contributed by atoms with Gasteiger partial charge in [-0.2, -0.15) is 0 Å². The highest BCUT2D eigenvalue weighted by molar-refractivity contribution is 6.31. The molecule has 10 heteroatoms. The summed E-state index contributed by atoms with van der Waals surface area (Å²) >= 11 is 5.88. The van der Waals surface area contributed by atoms with Crippen LogP contribution in [0.5, 0.6) is 0 Å². The molecule has 0 radical (unpaired) electrons. The van der Waals surface area contributed by atoms with Crippen molar-refractivity contribution in [3.8, 4) is 11.1 Å². The fraction of sp³-hybridized carbons (Fsp3) is 0.208. The van der Waals surface area contributed by atoms with Gasteiger partial charge in [-0.25, -0.2) is 4.79 Å². The molecule has 0 heterocycles. The summed E-state index contributed by atoms with van der Waals surface area (Å²) in [5.74, 6) is -0.125. The molecule has 1 aliphatic rings. The molecule has 9 nitrogen and oxygen atoms in total. The number of aliphatic hydroxyl groups is 2. The molecule has 0 saturated heterocycles. The van der Waals surface area contributed by atoms with E-state index in [1.54, 1.807) is 0 Å². The Kier molecular flexibility index (Phi) is 6.69. The molecule has 1 aliphatic carbocycles. The number of halogens is 1. The zero-order chi connectivity index (χ0) is 24.4. The third-order valence-electron chi connectivity index (χ3n) is 5.83. The molecule has 34 heavy (non-hydrogen) atoms. The number of nitro groups is 1. The van der Waals surface area contributed by atoms with Crippen LogP contribution in [0.25, 0.3) is 11.1 Å². The number of amides is 1. The topological polar surface area (TPSA) is 148 Å². The molecule has 3 aromatic rings. The van der Waals surface area contributed by atoms with Gasteiger partial charge in [0.15, 0.2) is 0 Å². The molecule has 0 aromatic heterocycles. The average molecular weight is 484 g/mol. The molecule has 176 valence electrons. The molecule has 0 bridgehead atoms. The van der Waals surface area contributed by atoms with Crippen LogP contribution in [0.2, 0.25) is 5.02 Å². The van der Waals surface area contributed by atoms with Gasteiger partial charge in [0.2, 0.25) is 0 Å². The van der Waals surface area contributed by atoms with Crippen molar-refractivity contribution in [2.24, 2.45) is 0 Å². The first kappa shape index (κ1) is 23.5. The summed E-state index contributed by atoms with van der Waals surface area (Å²) < 4.78 is 5.39. The van der Waals surface area contributed by atoms with Crippen LogP contribution in [0, 0.1) is 10.1 Å². The minimum atomic E-state index is -1.62. The first-order valence-electron chi connectivity index (χ1n) is 10.5. The van der Waals surface area contributed by atoms with Crippen LogP contribution in [0.1, 0.15) is 28.7 Å². The number of hydrogen-bond donors (Lipinski definition) is 4. The molecule has 2 atom stereocenters. The summed E-state index contributed by atoms with van der Waals surface area (Å²) in [5.41, 5.74) is 9.16. The van der Waals surface area contributed by atoms with E-state index in [0.717, 1.165) is 28.3 Å². The van der Waals surface area contributed by atoms with Crippen molar-refractivity contribution in [2.75, 3.05) is 18.9 Å². The lowest BCUT2D eigenvalue weighted by Gasteiger charge is -2.20. The number of rotatable bonds is 7. The fourth-order valence-electron chi connectivity index (χ4n) is 4.18. The predicted octanol–water partition coefficient (Wildman–Crippen LogP) is 3.76. The monoisotopic (exact) mass is 483 g/mol. The van der Waals surface area contributed by atoms with Gasteiger partial charge in [-0.05, 0) is 28.3 Å². The van der Waals surface area contributed by atoms with E-state index in [4.69, 9.17) is 22.1 Å². The summed E-state index contributed by atoms with van der Waals surface area (Å²) in [6.07, 6.45) is -3.91. The Morgan fingerprint density at radius 3 is 2.29 bits per heavy atom. The van der Waals surface area contributed by atoms with Crippen molar-refractivity contribution in [1.82, 2.24) is 5.32 Å². The van der Waals surface area contributed by atoms with Crippen molar-refractivity contribution < 1.29 is 24.7 Å². The van der Waals surface area contributed by atoms with E-state index in [9.17, 15) is 25.1 Å². The zero-order valence-corrected chi connectivity index (χ0v) is 18.6. The molecule has 0 aliphatic heterocycles. The molecule has 0 spiro atoms. The number of nitrogens with two attached hydrogens (primary N) is 1. The minimum Gasteiger partial charge on any atom is -0.449 e. The van der Waals surface area contributed by atoms with Crippen LogP contribution in [-0.2, 0) is 4.74 Å². The molecule has 0 saturated carbocycles. The number of nitrogens with zero attached hydrogens (tertiary/aromatic N) is 1. The zero-order valence-electron chi connectivity index (χ0n) is 17.8. The van der Waals surface area contributed by atoms with Gasteiger partial charge in [-0.15, -0.1) is 0 Å². The lowest BCUT2D eigenvalue weighted by molar-refractivity contribution is -0.384. The summed E-state index contributed by atoms with van der Waals surface area (Å²) in [7, 11) is 0. The maximum absolute atomic E-state index is 12.3. The van der Waals surface area contributed by atoms with Crippen LogP contribution in [0.4, 0.5) is 16.2 Å². The highest BCUT2D eigenvalue weighted by Crippen LogP contribution is 2.44. The molecule has 0 fully saturated rings. The van der Waals surface area contributed by atoms with Gasteiger partial charge < -0.3 is 26.0 Å². The Labute approximate surface area is 199 Å². The van der Waals surface area contributed by atoms with Crippen molar-refractivity contribution in [1.29, 1.82) is 0 Å². The number of carbonyl (C=O) groups is 1. The van der Waals surface area contributed by atoms with E-state index in [1.165, 1.54) is 6.07 Å². The molecule has 4 rings (SSSR count). The van der Waals surface area contributed by atoms with Gasteiger partial charge in [0.1, 0.15) is 24.5 Å². The molecule has 3 aromatic carbocycles. The van der Waals surface area contributed by atoms with Crippen LogP contribution in [0.3, 0.4) is 0 Å². The van der Waals surface area contributed by atoms with E-state index in [0.29, 0.717) is 0 Å². The van der Waals surface area contributed by atoms with Crippen LogP contribution in [0.15, 0.2) is 60.7 Å². The van der Waals surface area contributed by atoms with E-state index >= 15 is 0 Å². The van der Waals surface area contributed by atoms with Gasteiger partial charge in [0.25, 0.3) is 5.69 Å². The summed E-state index contributed by atoms with van der Waals surface area (Å²) in [6.45, 7) is -0.288. The number of nitro benzene ring substituents is 1. The fourth-order valence-corrected chi connectivity index (χ4v) is 4.40. The second kappa shape index (κ2) is 9.68. The Morgan fingerprint density at radius 2 is 1.71 bits per heavy atom.